The number of primary amides is 1. The number of nitrogens with zero attached hydrogens (tertiary/aromatic N) is 1. The van der Waals surface area contributed by atoms with Gasteiger partial charge in [0.05, 0.1) is 11.6 Å². The third-order valence-corrected chi connectivity index (χ3v) is 2.04. The SMILES string of the molecule is N#Cc1ccc(C[C@@H](N)CC(N)=O)cc1. The van der Waals surface area contributed by atoms with E-state index in [1.807, 2.05) is 18.2 Å². The highest BCUT2D eigenvalue weighted by atomic mass is 16.1. The van der Waals surface area contributed by atoms with E-state index in [9.17, 15) is 4.79 Å². The van der Waals surface area contributed by atoms with Crippen LogP contribution in [-0.4, -0.2) is 11.9 Å². The summed E-state index contributed by atoms with van der Waals surface area (Å²) in [4.78, 5) is 10.6. The first-order chi connectivity index (χ1) is 7.11. The maximum atomic E-state index is 10.6. The number of carbonyl (C=O) groups excluding carboxylic acids is 1. The number of benzene rings is 1. The summed E-state index contributed by atoms with van der Waals surface area (Å²) in [6.45, 7) is 0. The summed E-state index contributed by atoms with van der Waals surface area (Å²) in [7, 11) is 0. The molecule has 4 heteroatoms. The van der Waals surface area contributed by atoms with Crippen molar-refractivity contribution >= 4 is 5.91 Å². The van der Waals surface area contributed by atoms with Crippen LogP contribution in [0.5, 0.6) is 0 Å². The summed E-state index contributed by atoms with van der Waals surface area (Å²) in [5.41, 5.74) is 12.4. The standard InChI is InChI=1S/C11H13N3O/c12-7-9-3-1-8(2-4-9)5-10(13)6-11(14)15/h1-4,10H,5-6,13H2,(H2,14,15)/t10-/m1/s1. The lowest BCUT2D eigenvalue weighted by molar-refractivity contribution is -0.118. The van der Waals surface area contributed by atoms with Crippen molar-refractivity contribution in [3.8, 4) is 6.07 Å². The van der Waals surface area contributed by atoms with Gasteiger partial charge in [-0.1, -0.05) is 12.1 Å². The van der Waals surface area contributed by atoms with Crippen LogP contribution in [0.1, 0.15) is 17.5 Å². The van der Waals surface area contributed by atoms with E-state index in [1.54, 1.807) is 12.1 Å². The monoisotopic (exact) mass is 203 g/mol. The normalized spacial score (nSPS) is 11.7. The van der Waals surface area contributed by atoms with Crippen LogP contribution in [-0.2, 0) is 11.2 Å². The molecular formula is C11H13N3O. The Labute approximate surface area is 88.5 Å². The Morgan fingerprint density at radius 3 is 2.47 bits per heavy atom. The zero-order chi connectivity index (χ0) is 11.3. The van der Waals surface area contributed by atoms with Gasteiger partial charge in [0.25, 0.3) is 0 Å². The molecule has 0 aliphatic heterocycles. The van der Waals surface area contributed by atoms with E-state index in [4.69, 9.17) is 16.7 Å². The summed E-state index contributed by atoms with van der Waals surface area (Å²) in [5, 5.41) is 8.59. The van der Waals surface area contributed by atoms with Crippen LogP contribution in [0.4, 0.5) is 0 Å². The second-order valence-electron chi connectivity index (χ2n) is 3.44. The van der Waals surface area contributed by atoms with Gasteiger partial charge in [0, 0.05) is 12.5 Å². The van der Waals surface area contributed by atoms with Crippen molar-refractivity contribution < 1.29 is 4.79 Å². The molecule has 0 saturated carbocycles. The average Bonchev–Trinajstić information content (AvgIpc) is 2.17. The maximum Gasteiger partial charge on any atom is 0.218 e. The van der Waals surface area contributed by atoms with Crippen molar-refractivity contribution in [3.05, 3.63) is 35.4 Å². The fourth-order valence-electron chi connectivity index (χ4n) is 1.35. The van der Waals surface area contributed by atoms with Gasteiger partial charge in [0.2, 0.25) is 5.91 Å². The number of amides is 1. The van der Waals surface area contributed by atoms with Crippen LogP contribution in [0.3, 0.4) is 0 Å². The number of nitriles is 1. The first kappa shape index (κ1) is 11.2. The Hall–Kier alpha value is -1.86. The van der Waals surface area contributed by atoms with Crippen LogP contribution in [0, 0.1) is 11.3 Å². The van der Waals surface area contributed by atoms with Gasteiger partial charge in [0.15, 0.2) is 0 Å². The number of hydrogen-bond acceptors (Lipinski definition) is 3. The van der Waals surface area contributed by atoms with Gasteiger partial charge < -0.3 is 11.5 Å². The molecule has 0 aromatic heterocycles. The minimum Gasteiger partial charge on any atom is -0.370 e. The number of nitrogens with two attached hydrogens (primary N) is 2. The summed E-state index contributed by atoms with van der Waals surface area (Å²) < 4.78 is 0. The number of hydrogen-bond donors (Lipinski definition) is 2. The molecule has 1 rings (SSSR count). The minimum absolute atomic E-state index is 0.181. The first-order valence-corrected chi connectivity index (χ1v) is 4.64. The van der Waals surface area contributed by atoms with Crippen molar-refractivity contribution in [1.29, 1.82) is 5.26 Å². The summed E-state index contributed by atoms with van der Waals surface area (Å²) in [6.07, 6.45) is 0.772. The molecule has 0 radical (unpaired) electrons. The molecule has 1 aromatic carbocycles. The molecule has 1 aromatic rings. The van der Waals surface area contributed by atoms with E-state index in [0.717, 1.165) is 5.56 Å². The van der Waals surface area contributed by atoms with Crippen molar-refractivity contribution in [2.24, 2.45) is 11.5 Å². The zero-order valence-electron chi connectivity index (χ0n) is 8.31. The van der Waals surface area contributed by atoms with E-state index in [0.29, 0.717) is 12.0 Å². The maximum absolute atomic E-state index is 10.6. The molecule has 0 aliphatic carbocycles. The molecule has 0 fully saturated rings. The second-order valence-corrected chi connectivity index (χ2v) is 3.44. The second kappa shape index (κ2) is 5.13. The van der Waals surface area contributed by atoms with Gasteiger partial charge in [-0.2, -0.15) is 5.26 Å². The molecule has 1 amide bonds. The molecule has 4 N–H and O–H groups in total. The summed E-state index contributed by atoms with van der Waals surface area (Å²) >= 11 is 0. The smallest absolute Gasteiger partial charge is 0.218 e. The van der Waals surface area contributed by atoms with Crippen LogP contribution in [0.25, 0.3) is 0 Å². The van der Waals surface area contributed by atoms with E-state index in [-0.39, 0.29) is 12.5 Å². The van der Waals surface area contributed by atoms with Gasteiger partial charge in [-0.15, -0.1) is 0 Å². The first-order valence-electron chi connectivity index (χ1n) is 4.64. The molecule has 1 atom stereocenters. The Morgan fingerprint density at radius 2 is 2.00 bits per heavy atom. The molecule has 15 heavy (non-hydrogen) atoms. The topological polar surface area (TPSA) is 92.9 Å². The van der Waals surface area contributed by atoms with Gasteiger partial charge in [-0.05, 0) is 24.1 Å². The van der Waals surface area contributed by atoms with Crippen LogP contribution in [0.15, 0.2) is 24.3 Å². The van der Waals surface area contributed by atoms with Gasteiger partial charge in [0.1, 0.15) is 0 Å². The van der Waals surface area contributed by atoms with Crippen molar-refractivity contribution in [2.75, 3.05) is 0 Å². The van der Waals surface area contributed by atoms with Gasteiger partial charge in [-0.3, -0.25) is 4.79 Å². The van der Waals surface area contributed by atoms with Crippen LogP contribution >= 0.6 is 0 Å². The molecule has 0 saturated heterocycles. The van der Waals surface area contributed by atoms with Gasteiger partial charge in [-0.25, -0.2) is 0 Å². The Kier molecular flexibility index (Phi) is 3.83. The summed E-state index contributed by atoms with van der Waals surface area (Å²) in [5.74, 6) is -0.392. The lowest BCUT2D eigenvalue weighted by atomic mass is 10.0. The van der Waals surface area contributed by atoms with E-state index in [2.05, 4.69) is 0 Å². The van der Waals surface area contributed by atoms with E-state index >= 15 is 0 Å². The van der Waals surface area contributed by atoms with Crippen molar-refractivity contribution in [2.45, 2.75) is 18.9 Å². The van der Waals surface area contributed by atoms with Crippen molar-refractivity contribution in [3.63, 3.8) is 0 Å². The Morgan fingerprint density at radius 1 is 1.40 bits per heavy atom. The minimum atomic E-state index is -0.392. The van der Waals surface area contributed by atoms with Gasteiger partial charge >= 0.3 is 0 Å². The molecular weight excluding hydrogens is 190 g/mol. The fourth-order valence-corrected chi connectivity index (χ4v) is 1.35. The molecule has 78 valence electrons. The third-order valence-electron chi connectivity index (χ3n) is 2.04. The molecule has 0 aliphatic rings. The molecule has 0 heterocycles. The average molecular weight is 203 g/mol. The fraction of sp³-hybridized carbons (Fsp3) is 0.273. The summed E-state index contributed by atoms with van der Waals surface area (Å²) in [6, 6.07) is 8.90. The number of rotatable bonds is 4. The van der Waals surface area contributed by atoms with Crippen molar-refractivity contribution in [1.82, 2.24) is 0 Å². The lowest BCUT2D eigenvalue weighted by Gasteiger charge is -2.08. The quantitative estimate of drug-likeness (QED) is 0.737. The highest BCUT2D eigenvalue weighted by Gasteiger charge is 2.07. The predicted molar refractivity (Wildman–Crippen MR) is 56.6 cm³/mol. The predicted octanol–water partition coefficient (Wildman–Crippen LogP) is 0.303. The highest BCUT2D eigenvalue weighted by molar-refractivity contribution is 5.74. The molecule has 4 nitrogen and oxygen atoms in total. The lowest BCUT2D eigenvalue weighted by Crippen LogP contribution is -2.29. The van der Waals surface area contributed by atoms with Crippen LogP contribution < -0.4 is 11.5 Å². The molecule has 0 bridgehead atoms. The highest BCUT2D eigenvalue weighted by Crippen LogP contribution is 2.06. The largest absolute Gasteiger partial charge is 0.370 e. The molecule has 0 unspecified atom stereocenters. The number of carbonyl (C=O) groups is 1. The van der Waals surface area contributed by atoms with E-state index < -0.39 is 5.91 Å². The molecule has 0 spiro atoms. The zero-order valence-corrected chi connectivity index (χ0v) is 8.31. The Balaban J connectivity index is 2.58. The van der Waals surface area contributed by atoms with Crippen LogP contribution in [0.2, 0.25) is 0 Å². The van der Waals surface area contributed by atoms with E-state index in [1.165, 1.54) is 0 Å². The third kappa shape index (κ3) is 3.79. The Bertz CT molecular complexity index is 378.